The van der Waals surface area contributed by atoms with Gasteiger partial charge in [-0.05, 0) is 29.3 Å². The Kier molecular flexibility index (Phi) is 7.04. The molecule has 5 nitrogen and oxygen atoms in total. The van der Waals surface area contributed by atoms with Gasteiger partial charge >= 0.3 is 0 Å². The molecule has 1 unspecified atom stereocenters. The Morgan fingerprint density at radius 3 is 2.41 bits per heavy atom. The summed E-state index contributed by atoms with van der Waals surface area (Å²) in [6, 6.07) is 16.9. The lowest BCUT2D eigenvalue weighted by Crippen LogP contribution is -2.43. The third kappa shape index (κ3) is 6.16. The first-order valence-electron chi connectivity index (χ1n) is 8.83. The van der Waals surface area contributed by atoms with Gasteiger partial charge in [-0.2, -0.15) is 0 Å². The van der Waals surface area contributed by atoms with Gasteiger partial charge in [-0.25, -0.2) is 13.1 Å². The van der Waals surface area contributed by atoms with E-state index in [1.54, 1.807) is 30.3 Å². The van der Waals surface area contributed by atoms with Crippen LogP contribution in [0.2, 0.25) is 5.02 Å². The molecule has 0 radical (unpaired) electrons. The molecule has 0 spiro atoms. The molecule has 1 aliphatic heterocycles. The molecular weight excluding hydrogens is 384 g/mol. The maximum atomic E-state index is 12.4. The van der Waals surface area contributed by atoms with E-state index in [0.717, 1.165) is 24.2 Å². The molecule has 0 bridgehead atoms. The lowest BCUT2D eigenvalue weighted by Gasteiger charge is -2.34. The summed E-state index contributed by atoms with van der Waals surface area (Å²) >= 11 is 5.85. The van der Waals surface area contributed by atoms with E-state index in [2.05, 4.69) is 9.62 Å². The number of benzene rings is 2. The first kappa shape index (κ1) is 20.0. The van der Waals surface area contributed by atoms with E-state index in [9.17, 15) is 8.42 Å². The maximum absolute atomic E-state index is 12.4. The number of ether oxygens (including phenoxy) is 1. The van der Waals surface area contributed by atoms with E-state index in [1.807, 2.05) is 30.3 Å². The first-order valence-corrected chi connectivity index (χ1v) is 10.8. The summed E-state index contributed by atoms with van der Waals surface area (Å²) in [6.07, 6.45) is 1.56. The molecule has 2 aromatic rings. The molecule has 7 heteroatoms. The van der Waals surface area contributed by atoms with Gasteiger partial charge in [0.05, 0.1) is 13.2 Å². The van der Waals surface area contributed by atoms with Gasteiger partial charge in [0.15, 0.2) is 0 Å². The molecule has 1 saturated heterocycles. The van der Waals surface area contributed by atoms with Crippen LogP contribution in [0.15, 0.2) is 60.0 Å². The molecule has 1 N–H and O–H groups in total. The summed E-state index contributed by atoms with van der Waals surface area (Å²) in [5.74, 6) is 0. The maximum Gasteiger partial charge on any atom is 0.233 e. The number of hydrogen-bond acceptors (Lipinski definition) is 4. The highest BCUT2D eigenvalue weighted by atomic mass is 35.5. The summed E-state index contributed by atoms with van der Waals surface area (Å²) in [5, 5.41) is 1.81. The summed E-state index contributed by atoms with van der Waals surface area (Å²) in [7, 11) is -3.55. The van der Waals surface area contributed by atoms with Crippen LogP contribution in [0.5, 0.6) is 0 Å². The molecule has 0 saturated carbocycles. The van der Waals surface area contributed by atoms with Crippen molar-refractivity contribution in [3.05, 3.63) is 76.2 Å². The molecule has 2 aromatic carbocycles. The topological polar surface area (TPSA) is 58.6 Å². The van der Waals surface area contributed by atoms with Gasteiger partial charge in [-0.1, -0.05) is 54.1 Å². The van der Waals surface area contributed by atoms with Crippen LogP contribution in [0.4, 0.5) is 0 Å². The average molecular weight is 407 g/mol. The molecule has 0 aliphatic carbocycles. The third-order valence-electron chi connectivity index (χ3n) is 4.46. The van der Waals surface area contributed by atoms with Crippen LogP contribution in [0.1, 0.15) is 17.2 Å². The van der Waals surface area contributed by atoms with Gasteiger partial charge in [0, 0.05) is 36.1 Å². The second kappa shape index (κ2) is 9.48. The predicted molar refractivity (Wildman–Crippen MR) is 109 cm³/mol. The zero-order valence-corrected chi connectivity index (χ0v) is 16.5. The van der Waals surface area contributed by atoms with Crippen LogP contribution in [0.25, 0.3) is 6.08 Å². The molecule has 27 heavy (non-hydrogen) atoms. The molecular formula is C20H23ClN2O3S. The summed E-state index contributed by atoms with van der Waals surface area (Å²) in [6.45, 7) is 3.18. The van der Waals surface area contributed by atoms with Crippen molar-refractivity contribution in [1.82, 2.24) is 9.62 Å². The highest BCUT2D eigenvalue weighted by molar-refractivity contribution is 7.92. The summed E-state index contributed by atoms with van der Waals surface area (Å²) in [5.41, 5.74) is 1.86. The van der Waals surface area contributed by atoms with Crippen LogP contribution < -0.4 is 4.72 Å². The standard InChI is InChI=1S/C20H23ClN2O3S/c21-19-8-6-17(7-9-19)10-15-27(24,25)22-16-20(18-4-2-1-3-5-18)23-11-13-26-14-12-23/h1-10,15,20,22H,11-14,16H2/b15-10+. The van der Waals surface area contributed by atoms with Gasteiger partial charge in [0.1, 0.15) is 0 Å². The molecule has 0 aromatic heterocycles. The van der Waals surface area contributed by atoms with Gasteiger partial charge in [0.25, 0.3) is 0 Å². The molecule has 1 aliphatic rings. The number of morpholine rings is 1. The minimum Gasteiger partial charge on any atom is -0.379 e. The Labute approximate surface area is 165 Å². The Morgan fingerprint density at radius 1 is 1.07 bits per heavy atom. The normalized spacial score (nSPS) is 17.2. The molecule has 1 heterocycles. The Balaban J connectivity index is 1.69. The average Bonchev–Trinajstić information content (AvgIpc) is 2.69. The smallest absolute Gasteiger partial charge is 0.233 e. The van der Waals surface area contributed by atoms with Gasteiger partial charge in [-0.15, -0.1) is 0 Å². The quantitative estimate of drug-likeness (QED) is 0.766. The van der Waals surface area contributed by atoms with Gasteiger partial charge < -0.3 is 4.74 Å². The van der Waals surface area contributed by atoms with Crippen molar-refractivity contribution >= 4 is 27.7 Å². The monoisotopic (exact) mass is 406 g/mol. The fraction of sp³-hybridized carbons (Fsp3) is 0.300. The molecule has 1 atom stereocenters. The Morgan fingerprint density at radius 2 is 1.74 bits per heavy atom. The van der Waals surface area contributed by atoms with E-state index in [-0.39, 0.29) is 6.04 Å². The lowest BCUT2D eigenvalue weighted by molar-refractivity contribution is 0.0172. The zero-order chi connectivity index (χ0) is 19.1. The number of rotatable bonds is 7. The molecule has 1 fully saturated rings. The summed E-state index contributed by atoms with van der Waals surface area (Å²) < 4.78 is 33.0. The van der Waals surface area contributed by atoms with E-state index >= 15 is 0 Å². The van der Waals surface area contributed by atoms with E-state index in [1.165, 1.54) is 5.41 Å². The highest BCUT2D eigenvalue weighted by Crippen LogP contribution is 2.21. The van der Waals surface area contributed by atoms with Crippen LogP contribution in [0.3, 0.4) is 0 Å². The number of sulfonamides is 1. The number of halogens is 1. The van der Waals surface area contributed by atoms with E-state index < -0.39 is 10.0 Å². The van der Waals surface area contributed by atoms with Crippen molar-refractivity contribution in [2.75, 3.05) is 32.8 Å². The second-order valence-electron chi connectivity index (χ2n) is 6.32. The van der Waals surface area contributed by atoms with Crippen molar-refractivity contribution in [1.29, 1.82) is 0 Å². The fourth-order valence-electron chi connectivity index (χ4n) is 3.01. The van der Waals surface area contributed by atoms with Gasteiger partial charge in [0.2, 0.25) is 10.0 Å². The fourth-order valence-corrected chi connectivity index (χ4v) is 3.96. The highest BCUT2D eigenvalue weighted by Gasteiger charge is 2.23. The Hall–Kier alpha value is -1.70. The zero-order valence-electron chi connectivity index (χ0n) is 14.9. The number of nitrogens with zero attached hydrogens (tertiary/aromatic N) is 1. The van der Waals surface area contributed by atoms with Crippen molar-refractivity contribution in [3.8, 4) is 0 Å². The van der Waals surface area contributed by atoms with Crippen LogP contribution >= 0.6 is 11.6 Å². The number of hydrogen-bond donors (Lipinski definition) is 1. The van der Waals surface area contributed by atoms with Crippen molar-refractivity contribution in [2.45, 2.75) is 6.04 Å². The van der Waals surface area contributed by atoms with Crippen LogP contribution in [-0.4, -0.2) is 46.2 Å². The number of nitrogens with one attached hydrogen (secondary N) is 1. The molecule has 0 amide bonds. The van der Waals surface area contributed by atoms with Crippen molar-refractivity contribution < 1.29 is 13.2 Å². The molecule has 144 valence electrons. The minimum atomic E-state index is -3.55. The minimum absolute atomic E-state index is 0.0335. The second-order valence-corrected chi connectivity index (χ2v) is 8.41. The Bertz CT molecular complexity index is 849. The predicted octanol–water partition coefficient (Wildman–Crippen LogP) is 3.30. The largest absolute Gasteiger partial charge is 0.379 e. The van der Waals surface area contributed by atoms with Crippen molar-refractivity contribution in [3.63, 3.8) is 0 Å². The lowest BCUT2D eigenvalue weighted by atomic mass is 10.1. The first-order chi connectivity index (χ1) is 13.0. The van der Waals surface area contributed by atoms with Gasteiger partial charge in [-0.3, -0.25) is 4.90 Å². The van der Waals surface area contributed by atoms with E-state index in [0.29, 0.717) is 24.8 Å². The summed E-state index contributed by atoms with van der Waals surface area (Å²) in [4.78, 5) is 2.25. The third-order valence-corrected chi connectivity index (χ3v) is 5.77. The van der Waals surface area contributed by atoms with E-state index in [4.69, 9.17) is 16.3 Å². The molecule has 3 rings (SSSR count). The van der Waals surface area contributed by atoms with Crippen molar-refractivity contribution in [2.24, 2.45) is 0 Å². The van der Waals surface area contributed by atoms with Crippen LogP contribution in [0, 0.1) is 0 Å². The SMILES string of the molecule is O=S(=O)(/C=C/c1ccc(Cl)cc1)NCC(c1ccccc1)N1CCOCC1. The van der Waals surface area contributed by atoms with Crippen LogP contribution in [-0.2, 0) is 14.8 Å².